The second-order valence-electron chi connectivity index (χ2n) is 6.76. The molecule has 2 heterocycles. The zero-order valence-electron chi connectivity index (χ0n) is 16.5. The van der Waals surface area contributed by atoms with Crippen LogP contribution in [0, 0.1) is 0 Å². The van der Waals surface area contributed by atoms with E-state index in [2.05, 4.69) is 20.4 Å². The number of rotatable bonds is 9. The van der Waals surface area contributed by atoms with E-state index in [1.54, 1.807) is 6.20 Å². The fraction of sp³-hybridized carbons (Fsp3) is 0.217. The summed E-state index contributed by atoms with van der Waals surface area (Å²) in [5.41, 5.74) is 1.73. The summed E-state index contributed by atoms with van der Waals surface area (Å²) in [6, 6.07) is 19.3. The van der Waals surface area contributed by atoms with Gasteiger partial charge in [-0.25, -0.2) is 0 Å². The lowest BCUT2D eigenvalue weighted by atomic mass is 10.2. The number of para-hydroxylation sites is 1. The van der Waals surface area contributed by atoms with E-state index in [-0.39, 0.29) is 5.91 Å². The van der Waals surface area contributed by atoms with E-state index in [9.17, 15) is 4.79 Å². The first kappa shape index (κ1) is 19.6. The van der Waals surface area contributed by atoms with Crippen LogP contribution in [0.15, 0.2) is 71.4 Å². The Kier molecular flexibility index (Phi) is 6.29. The number of carbonyl (C=O) groups is 1. The normalized spacial score (nSPS) is 10.8. The van der Waals surface area contributed by atoms with Gasteiger partial charge in [0.1, 0.15) is 11.3 Å². The van der Waals surface area contributed by atoms with Crippen LogP contribution in [-0.4, -0.2) is 34.2 Å². The van der Waals surface area contributed by atoms with Crippen molar-refractivity contribution in [2.75, 3.05) is 13.2 Å². The number of carbonyl (C=O) groups excluding carboxylic acids is 1. The molecule has 152 valence electrons. The highest BCUT2D eigenvalue weighted by Gasteiger charge is 2.10. The van der Waals surface area contributed by atoms with E-state index in [1.165, 1.54) is 0 Å². The number of pyridine rings is 1. The fourth-order valence-electron chi connectivity index (χ4n) is 3.04. The Morgan fingerprint density at radius 3 is 2.80 bits per heavy atom. The first-order chi connectivity index (χ1) is 14.8. The molecule has 1 N–H and O–H groups in total. The Balaban J connectivity index is 1.16. The number of benzene rings is 2. The molecule has 0 spiro atoms. The maximum absolute atomic E-state index is 12.0. The smallest absolute Gasteiger partial charge is 0.227 e. The molecule has 4 aromatic rings. The summed E-state index contributed by atoms with van der Waals surface area (Å²) in [6.07, 6.45) is 3.16. The summed E-state index contributed by atoms with van der Waals surface area (Å²) < 4.78 is 11.1. The van der Waals surface area contributed by atoms with Crippen molar-refractivity contribution >= 4 is 16.8 Å². The third-order valence-electron chi connectivity index (χ3n) is 4.56. The SMILES string of the molecule is O=C(CCc1nc(-c2ccccc2)no1)NCCCOc1cccc2cccnc12. The molecular formula is C23H22N4O3. The number of ether oxygens (including phenoxy) is 1. The quantitative estimate of drug-likeness (QED) is 0.428. The highest BCUT2D eigenvalue weighted by Crippen LogP contribution is 2.22. The van der Waals surface area contributed by atoms with Crippen molar-refractivity contribution in [3.05, 3.63) is 72.8 Å². The highest BCUT2D eigenvalue weighted by molar-refractivity contribution is 5.84. The van der Waals surface area contributed by atoms with Gasteiger partial charge in [0.2, 0.25) is 17.6 Å². The van der Waals surface area contributed by atoms with Crippen molar-refractivity contribution in [3.8, 4) is 17.1 Å². The van der Waals surface area contributed by atoms with Gasteiger partial charge in [0, 0.05) is 36.5 Å². The average molecular weight is 402 g/mol. The number of aryl methyl sites for hydroxylation is 1. The summed E-state index contributed by atoms with van der Waals surface area (Å²) in [7, 11) is 0. The molecule has 0 fully saturated rings. The van der Waals surface area contributed by atoms with Crippen molar-refractivity contribution < 1.29 is 14.1 Å². The molecule has 30 heavy (non-hydrogen) atoms. The van der Waals surface area contributed by atoms with Crippen molar-refractivity contribution in [2.24, 2.45) is 0 Å². The molecule has 0 aliphatic rings. The van der Waals surface area contributed by atoms with E-state index in [4.69, 9.17) is 9.26 Å². The van der Waals surface area contributed by atoms with Gasteiger partial charge < -0.3 is 14.6 Å². The third-order valence-corrected chi connectivity index (χ3v) is 4.56. The fourth-order valence-corrected chi connectivity index (χ4v) is 3.04. The minimum Gasteiger partial charge on any atom is -0.491 e. The monoisotopic (exact) mass is 402 g/mol. The van der Waals surface area contributed by atoms with Gasteiger partial charge >= 0.3 is 0 Å². The highest BCUT2D eigenvalue weighted by atomic mass is 16.5. The second-order valence-corrected chi connectivity index (χ2v) is 6.76. The third kappa shape index (κ3) is 5.00. The Morgan fingerprint density at radius 1 is 1.03 bits per heavy atom. The maximum atomic E-state index is 12.0. The van der Waals surface area contributed by atoms with Crippen molar-refractivity contribution in [2.45, 2.75) is 19.3 Å². The molecule has 0 aliphatic heterocycles. The van der Waals surface area contributed by atoms with Crippen LogP contribution in [-0.2, 0) is 11.2 Å². The molecule has 0 atom stereocenters. The number of amides is 1. The van der Waals surface area contributed by atoms with Gasteiger partial charge in [-0.05, 0) is 18.6 Å². The van der Waals surface area contributed by atoms with Gasteiger partial charge in [-0.15, -0.1) is 0 Å². The Morgan fingerprint density at radius 2 is 1.90 bits per heavy atom. The summed E-state index contributed by atoms with van der Waals surface area (Å²) in [5.74, 6) is 1.69. The Hall–Kier alpha value is -3.74. The van der Waals surface area contributed by atoms with Crippen molar-refractivity contribution in [1.29, 1.82) is 0 Å². The molecule has 0 radical (unpaired) electrons. The van der Waals surface area contributed by atoms with Crippen LogP contribution in [0.1, 0.15) is 18.7 Å². The van der Waals surface area contributed by atoms with Crippen LogP contribution >= 0.6 is 0 Å². The molecule has 0 bridgehead atoms. The molecule has 2 aromatic heterocycles. The molecular weight excluding hydrogens is 380 g/mol. The van der Waals surface area contributed by atoms with Gasteiger partial charge in [0.05, 0.1) is 6.61 Å². The van der Waals surface area contributed by atoms with Gasteiger partial charge in [-0.2, -0.15) is 4.98 Å². The molecule has 0 saturated carbocycles. The van der Waals surface area contributed by atoms with Gasteiger partial charge in [-0.3, -0.25) is 9.78 Å². The van der Waals surface area contributed by atoms with Crippen molar-refractivity contribution in [3.63, 3.8) is 0 Å². The molecule has 1 amide bonds. The Labute approximate surface area is 174 Å². The number of nitrogens with zero attached hydrogens (tertiary/aromatic N) is 3. The van der Waals surface area contributed by atoms with Crippen LogP contribution in [0.5, 0.6) is 5.75 Å². The molecule has 0 saturated heterocycles. The minimum absolute atomic E-state index is 0.0544. The van der Waals surface area contributed by atoms with Crippen LogP contribution in [0.2, 0.25) is 0 Å². The summed E-state index contributed by atoms with van der Waals surface area (Å²) in [5, 5.41) is 7.89. The standard InChI is InChI=1S/C23H22N4O3/c28-20(12-13-21-26-23(27-30-21)18-7-2-1-3-8-18)24-15-6-16-29-19-11-4-9-17-10-5-14-25-22(17)19/h1-5,7-11,14H,6,12-13,15-16H2,(H,24,28). The second kappa shape index (κ2) is 9.65. The number of fused-ring (bicyclic) bond motifs is 1. The molecule has 0 unspecified atom stereocenters. The first-order valence-corrected chi connectivity index (χ1v) is 9.91. The molecule has 7 nitrogen and oxygen atoms in total. The van der Waals surface area contributed by atoms with Gasteiger partial charge in [-0.1, -0.05) is 53.7 Å². The van der Waals surface area contributed by atoms with E-state index >= 15 is 0 Å². The number of aromatic nitrogens is 3. The topological polar surface area (TPSA) is 90.1 Å². The average Bonchev–Trinajstić information content (AvgIpc) is 3.27. The predicted molar refractivity (Wildman–Crippen MR) is 113 cm³/mol. The summed E-state index contributed by atoms with van der Waals surface area (Å²) in [4.78, 5) is 20.8. The number of hydrogen-bond donors (Lipinski definition) is 1. The zero-order chi connectivity index (χ0) is 20.6. The van der Waals surface area contributed by atoms with E-state index in [0.29, 0.717) is 44.1 Å². The lowest BCUT2D eigenvalue weighted by Crippen LogP contribution is -2.25. The number of hydrogen-bond acceptors (Lipinski definition) is 6. The molecule has 0 aliphatic carbocycles. The van der Waals surface area contributed by atoms with Gasteiger partial charge in [0.25, 0.3) is 0 Å². The largest absolute Gasteiger partial charge is 0.491 e. The minimum atomic E-state index is -0.0544. The lowest BCUT2D eigenvalue weighted by molar-refractivity contribution is -0.121. The zero-order valence-corrected chi connectivity index (χ0v) is 16.5. The molecule has 4 rings (SSSR count). The van der Waals surface area contributed by atoms with Crippen molar-refractivity contribution in [1.82, 2.24) is 20.4 Å². The Bertz CT molecular complexity index is 1110. The lowest BCUT2D eigenvalue weighted by Gasteiger charge is -2.09. The predicted octanol–water partition coefficient (Wildman–Crippen LogP) is 3.80. The van der Waals surface area contributed by atoms with Crippen LogP contribution < -0.4 is 10.1 Å². The first-order valence-electron chi connectivity index (χ1n) is 9.91. The maximum Gasteiger partial charge on any atom is 0.227 e. The van der Waals surface area contributed by atoms with Crippen LogP contribution in [0.3, 0.4) is 0 Å². The number of nitrogens with one attached hydrogen (secondary N) is 1. The summed E-state index contributed by atoms with van der Waals surface area (Å²) in [6.45, 7) is 1.04. The molecule has 2 aromatic carbocycles. The van der Waals surface area contributed by atoms with Crippen LogP contribution in [0.25, 0.3) is 22.3 Å². The summed E-state index contributed by atoms with van der Waals surface area (Å²) >= 11 is 0. The van der Waals surface area contributed by atoms with E-state index in [0.717, 1.165) is 22.2 Å². The van der Waals surface area contributed by atoms with Gasteiger partial charge in [0.15, 0.2) is 0 Å². The van der Waals surface area contributed by atoms with E-state index in [1.807, 2.05) is 60.7 Å². The van der Waals surface area contributed by atoms with E-state index < -0.39 is 0 Å². The van der Waals surface area contributed by atoms with Crippen LogP contribution in [0.4, 0.5) is 0 Å². The molecule has 7 heteroatoms.